The second-order valence-corrected chi connectivity index (χ2v) is 10.3. The number of aliphatic hydroxyl groups excluding tert-OH is 2. The summed E-state index contributed by atoms with van der Waals surface area (Å²) >= 11 is 0. The third-order valence-electron chi connectivity index (χ3n) is 7.65. The monoisotopic (exact) mass is 525 g/mol. The van der Waals surface area contributed by atoms with Crippen LogP contribution < -0.4 is 16.0 Å². The number of halogens is 1. The molecule has 2 fully saturated rings. The average molecular weight is 526 g/mol. The highest BCUT2D eigenvalue weighted by Crippen LogP contribution is 2.37. The lowest BCUT2D eigenvalue weighted by atomic mass is 9.85. The lowest BCUT2D eigenvalue weighted by Gasteiger charge is -2.30. The minimum atomic E-state index is -0.373. The molecule has 0 aliphatic heterocycles. The molecule has 2 heterocycles. The van der Waals surface area contributed by atoms with Crippen molar-refractivity contribution in [3.63, 3.8) is 0 Å². The predicted molar refractivity (Wildman–Crippen MR) is 143 cm³/mol. The smallest absolute Gasteiger partial charge is 0.224 e. The van der Waals surface area contributed by atoms with E-state index in [0.717, 1.165) is 51.4 Å². The Labute approximate surface area is 221 Å². The van der Waals surface area contributed by atoms with Gasteiger partial charge in [-0.1, -0.05) is 12.1 Å². The van der Waals surface area contributed by atoms with Crippen molar-refractivity contribution in [3.05, 3.63) is 36.3 Å². The lowest BCUT2D eigenvalue weighted by Crippen LogP contribution is -2.34. The maximum atomic E-state index is 14.5. The van der Waals surface area contributed by atoms with Crippen molar-refractivity contribution in [2.24, 2.45) is 5.92 Å². The van der Waals surface area contributed by atoms with Gasteiger partial charge in [-0.2, -0.15) is 4.98 Å². The van der Waals surface area contributed by atoms with Crippen molar-refractivity contribution >= 4 is 34.7 Å². The van der Waals surface area contributed by atoms with Gasteiger partial charge in [-0.25, -0.2) is 14.4 Å². The van der Waals surface area contributed by atoms with Crippen molar-refractivity contribution < 1.29 is 19.4 Å². The number of hydrogen-bond acceptors (Lipinski definition) is 8. The van der Waals surface area contributed by atoms with Crippen molar-refractivity contribution in [3.8, 4) is 0 Å². The summed E-state index contributed by atoms with van der Waals surface area (Å²) in [6, 6.07) is 6.71. The molecule has 5 rings (SSSR count). The summed E-state index contributed by atoms with van der Waals surface area (Å²) in [5, 5.41) is 28.3. The second-order valence-electron chi connectivity index (χ2n) is 10.3. The number of carbonyl (C=O) groups excluding carboxylic acids is 1. The number of nitrogens with one attached hydrogen (secondary N) is 3. The number of hydrogen-bond donors (Lipinski definition) is 5. The maximum Gasteiger partial charge on any atom is 0.224 e. The Morgan fingerprint density at radius 3 is 2.55 bits per heavy atom. The Balaban J connectivity index is 1.39. The van der Waals surface area contributed by atoms with E-state index in [4.69, 9.17) is 15.1 Å². The molecule has 10 nitrogen and oxygen atoms in total. The van der Waals surface area contributed by atoms with Crippen LogP contribution >= 0.6 is 0 Å². The van der Waals surface area contributed by atoms with Crippen molar-refractivity contribution in [2.45, 2.75) is 76.0 Å². The van der Waals surface area contributed by atoms with Crippen molar-refractivity contribution in [2.75, 3.05) is 23.8 Å². The zero-order valence-corrected chi connectivity index (χ0v) is 21.4. The van der Waals surface area contributed by atoms with Crippen LogP contribution in [0.1, 0.15) is 63.8 Å². The molecule has 2 saturated carbocycles. The SMILES string of the molecule is O=C(NCCCO)[C@H]1CC[C@@H](n2c(Nc3ccccc3F)nc3cnc(N[C@H]4CC[C@H](O)CC4)nc32)CC1. The van der Waals surface area contributed by atoms with Gasteiger partial charge < -0.3 is 26.2 Å². The fraction of sp³-hybridized carbons (Fsp3) is 0.556. The van der Waals surface area contributed by atoms with Gasteiger partial charge in [-0.05, 0) is 69.9 Å². The van der Waals surface area contributed by atoms with Crippen LogP contribution in [0.5, 0.6) is 0 Å². The zero-order valence-electron chi connectivity index (χ0n) is 21.4. The standard InChI is InChI=1S/C27H36FN7O3/c28-21-4-1-2-5-22(21)32-27-33-23-16-30-26(31-18-8-12-20(37)13-9-18)34-24(23)35(27)19-10-6-17(7-11-19)25(38)29-14-3-15-36/h1-2,4-5,16-20,36-37H,3,6-15H2,(H,29,38)(H,32,33)(H,30,31,34)/t17-,18-,19+,20-. The van der Waals surface area contributed by atoms with Gasteiger partial charge >= 0.3 is 0 Å². The normalized spacial score (nSPS) is 23.8. The number of benzene rings is 1. The Kier molecular flexibility index (Phi) is 8.33. The fourth-order valence-electron chi connectivity index (χ4n) is 5.51. The fourth-order valence-corrected chi connectivity index (χ4v) is 5.51. The molecule has 38 heavy (non-hydrogen) atoms. The number of rotatable bonds is 9. The van der Waals surface area contributed by atoms with Crippen LogP contribution in [0, 0.1) is 11.7 Å². The lowest BCUT2D eigenvalue weighted by molar-refractivity contribution is -0.126. The number of amides is 1. The molecule has 5 N–H and O–H groups in total. The molecular weight excluding hydrogens is 489 g/mol. The van der Waals surface area contributed by atoms with E-state index in [2.05, 4.69) is 20.9 Å². The molecule has 2 aliphatic rings. The number of imidazole rings is 1. The third-order valence-corrected chi connectivity index (χ3v) is 7.65. The van der Waals surface area contributed by atoms with Gasteiger partial charge in [0, 0.05) is 31.2 Å². The van der Waals surface area contributed by atoms with E-state index in [9.17, 15) is 14.3 Å². The number of anilines is 3. The Hall–Kier alpha value is -3.31. The van der Waals surface area contributed by atoms with Crippen molar-refractivity contribution in [1.82, 2.24) is 24.8 Å². The molecule has 0 radical (unpaired) electrons. The predicted octanol–water partition coefficient (Wildman–Crippen LogP) is 3.65. The average Bonchev–Trinajstić information content (AvgIpc) is 3.28. The molecule has 0 spiro atoms. The zero-order chi connectivity index (χ0) is 26.5. The molecule has 2 aromatic heterocycles. The highest BCUT2D eigenvalue weighted by Gasteiger charge is 2.30. The van der Waals surface area contributed by atoms with Crippen LogP contribution in [0.15, 0.2) is 30.5 Å². The molecule has 204 valence electrons. The molecular formula is C27H36FN7O3. The molecule has 2 aliphatic carbocycles. The van der Waals surface area contributed by atoms with Crippen LogP contribution in [-0.2, 0) is 4.79 Å². The molecule has 1 amide bonds. The first-order valence-electron chi connectivity index (χ1n) is 13.6. The topological polar surface area (TPSA) is 137 Å². The molecule has 0 saturated heterocycles. The number of aromatic nitrogens is 4. The first-order valence-corrected chi connectivity index (χ1v) is 13.6. The first-order chi connectivity index (χ1) is 18.5. The number of para-hydroxylation sites is 1. The highest BCUT2D eigenvalue weighted by molar-refractivity contribution is 5.79. The summed E-state index contributed by atoms with van der Waals surface area (Å²) in [6.07, 6.45) is 8.15. The quantitative estimate of drug-likeness (QED) is 0.267. The summed E-state index contributed by atoms with van der Waals surface area (Å²) in [6.45, 7) is 0.532. The molecule has 1 aromatic carbocycles. The largest absolute Gasteiger partial charge is 0.396 e. The number of carbonyl (C=O) groups is 1. The van der Waals surface area contributed by atoms with E-state index in [1.165, 1.54) is 6.07 Å². The van der Waals surface area contributed by atoms with Crippen LogP contribution in [-0.4, -0.2) is 60.9 Å². The van der Waals surface area contributed by atoms with Crippen LogP contribution in [0.2, 0.25) is 0 Å². The van der Waals surface area contributed by atoms with Gasteiger partial charge in [0.15, 0.2) is 5.65 Å². The van der Waals surface area contributed by atoms with Crippen molar-refractivity contribution in [1.29, 1.82) is 0 Å². The summed E-state index contributed by atoms with van der Waals surface area (Å²) in [5.74, 6) is 0.588. The van der Waals surface area contributed by atoms with Gasteiger partial charge in [0.2, 0.25) is 17.8 Å². The van der Waals surface area contributed by atoms with E-state index >= 15 is 0 Å². The van der Waals surface area contributed by atoms with Gasteiger partial charge in [0.25, 0.3) is 0 Å². The third kappa shape index (κ3) is 6.05. The number of nitrogens with zero attached hydrogens (tertiary/aromatic N) is 4. The first kappa shape index (κ1) is 26.3. The van der Waals surface area contributed by atoms with E-state index < -0.39 is 0 Å². The minimum absolute atomic E-state index is 0.0309. The van der Waals surface area contributed by atoms with E-state index in [1.807, 2.05) is 4.57 Å². The molecule has 0 atom stereocenters. The van der Waals surface area contributed by atoms with E-state index in [1.54, 1.807) is 24.4 Å². The van der Waals surface area contributed by atoms with Gasteiger partial charge in [0.05, 0.1) is 18.0 Å². The summed E-state index contributed by atoms with van der Waals surface area (Å²) in [7, 11) is 0. The van der Waals surface area contributed by atoms with Crippen LogP contribution in [0.4, 0.5) is 22.0 Å². The maximum absolute atomic E-state index is 14.5. The minimum Gasteiger partial charge on any atom is -0.396 e. The summed E-state index contributed by atoms with van der Waals surface area (Å²) in [4.78, 5) is 26.6. The Morgan fingerprint density at radius 2 is 1.82 bits per heavy atom. The van der Waals surface area contributed by atoms with Crippen LogP contribution in [0.3, 0.4) is 0 Å². The molecule has 3 aromatic rings. The summed E-state index contributed by atoms with van der Waals surface area (Å²) in [5.41, 5.74) is 1.60. The van der Waals surface area contributed by atoms with Crippen LogP contribution in [0.25, 0.3) is 11.2 Å². The molecule has 11 heteroatoms. The highest BCUT2D eigenvalue weighted by atomic mass is 19.1. The van der Waals surface area contributed by atoms with Gasteiger partial charge in [0.1, 0.15) is 11.3 Å². The van der Waals surface area contributed by atoms with Gasteiger partial charge in [-0.3, -0.25) is 9.36 Å². The Bertz CT molecular complexity index is 1240. The van der Waals surface area contributed by atoms with E-state index in [0.29, 0.717) is 41.7 Å². The molecule has 0 bridgehead atoms. The summed E-state index contributed by atoms with van der Waals surface area (Å²) < 4.78 is 16.5. The van der Waals surface area contributed by atoms with Gasteiger partial charge in [-0.15, -0.1) is 0 Å². The van der Waals surface area contributed by atoms with E-state index in [-0.39, 0.29) is 42.4 Å². The molecule has 0 unspecified atom stereocenters. The second kappa shape index (κ2) is 12.0. The Morgan fingerprint density at radius 1 is 1.05 bits per heavy atom. The number of aliphatic hydroxyl groups is 2. The number of fused-ring (bicyclic) bond motifs is 1.